The molecule has 1 aromatic rings. The van der Waals surface area contributed by atoms with Gasteiger partial charge in [0.05, 0.1) is 6.04 Å². The molecular formula is C21H28F3N3O5. The second-order valence-corrected chi connectivity index (χ2v) is 8.69. The van der Waals surface area contributed by atoms with Crippen LogP contribution in [0.25, 0.3) is 0 Å². The standard InChI is InChI=1S/C21H28F3N3O5/c1-21(2,3)32-19(29)26-13(7-12-8-16(23)17(24)10-15(12)22)9-18(28)25-11-14-5-4-6-27(14)20(30)31/h8,10,13-14H,4-7,9,11H2,1-3H3,(H,25,28)(H,26,29)(H,30,31)/t13-,14+/m1/s1. The highest BCUT2D eigenvalue weighted by Crippen LogP contribution is 2.18. The number of carbonyl (C=O) groups is 3. The van der Waals surface area contributed by atoms with Gasteiger partial charge in [0.25, 0.3) is 0 Å². The maximum atomic E-state index is 14.1. The minimum atomic E-state index is -1.35. The molecule has 1 aromatic carbocycles. The van der Waals surface area contributed by atoms with Gasteiger partial charge in [-0.15, -0.1) is 0 Å². The molecule has 32 heavy (non-hydrogen) atoms. The van der Waals surface area contributed by atoms with Gasteiger partial charge in [-0.3, -0.25) is 4.79 Å². The molecule has 0 saturated carbocycles. The second kappa shape index (κ2) is 10.6. The Kier molecular flexibility index (Phi) is 8.34. The van der Waals surface area contributed by atoms with Crippen molar-refractivity contribution in [3.05, 3.63) is 35.1 Å². The number of hydrogen-bond donors (Lipinski definition) is 3. The topological polar surface area (TPSA) is 108 Å². The molecule has 1 aliphatic heterocycles. The number of carboxylic acid groups (broad SMARTS) is 1. The summed E-state index contributed by atoms with van der Waals surface area (Å²) in [5.41, 5.74) is -1.04. The molecule has 0 bridgehead atoms. The van der Waals surface area contributed by atoms with Crippen molar-refractivity contribution in [2.24, 2.45) is 0 Å². The van der Waals surface area contributed by atoms with E-state index in [4.69, 9.17) is 4.74 Å². The van der Waals surface area contributed by atoms with Gasteiger partial charge >= 0.3 is 12.2 Å². The Morgan fingerprint density at radius 3 is 2.47 bits per heavy atom. The third kappa shape index (κ3) is 7.61. The van der Waals surface area contributed by atoms with Crippen molar-refractivity contribution in [2.45, 2.75) is 64.1 Å². The summed E-state index contributed by atoms with van der Waals surface area (Å²) >= 11 is 0. The number of nitrogens with zero attached hydrogens (tertiary/aromatic N) is 1. The van der Waals surface area contributed by atoms with Crippen molar-refractivity contribution >= 4 is 18.1 Å². The Labute approximate surface area is 184 Å². The van der Waals surface area contributed by atoms with Crippen LogP contribution in [0.2, 0.25) is 0 Å². The largest absolute Gasteiger partial charge is 0.465 e. The van der Waals surface area contributed by atoms with E-state index in [1.165, 1.54) is 4.90 Å². The highest BCUT2D eigenvalue weighted by molar-refractivity contribution is 5.78. The molecule has 3 N–H and O–H groups in total. The van der Waals surface area contributed by atoms with Crippen LogP contribution >= 0.6 is 0 Å². The van der Waals surface area contributed by atoms with Crippen molar-refractivity contribution in [2.75, 3.05) is 13.1 Å². The lowest BCUT2D eigenvalue weighted by atomic mass is 10.0. The van der Waals surface area contributed by atoms with E-state index in [-0.39, 0.29) is 31.0 Å². The Bertz CT molecular complexity index is 860. The smallest absolute Gasteiger partial charge is 0.407 e. The van der Waals surface area contributed by atoms with Crippen molar-refractivity contribution in [1.29, 1.82) is 0 Å². The van der Waals surface area contributed by atoms with Crippen molar-refractivity contribution in [1.82, 2.24) is 15.5 Å². The Morgan fingerprint density at radius 1 is 1.19 bits per heavy atom. The molecule has 3 amide bonds. The monoisotopic (exact) mass is 459 g/mol. The van der Waals surface area contributed by atoms with Gasteiger partial charge in [0, 0.05) is 31.6 Å². The molecule has 1 heterocycles. The maximum Gasteiger partial charge on any atom is 0.407 e. The fraction of sp³-hybridized carbons (Fsp3) is 0.571. The molecule has 0 radical (unpaired) electrons. The summed E-state index contributed by atoms with van der Waals surface area (Å²) in [6.45, 7) is 5.38. The summed E-state index contributed by atoms with van der Waals surface area (Å²) in [5.74, 6) is -4.13. The van der Waals surface area contributed by atoms with Gasteiger partial charge in [-0.2, -0.15) is 0 Å². The first-order valence-corrected chi connectivity index (χ1v) is 10.2. The lowest BCUT2D eigenvalue weighted by molar-refractivity contribution is -0.121. The van der Waals surface area contributed by atoms with Crippen LogP contribution in [0, 0.1) is 17.5 Å². The van der Waals surface area contributed by atoms with E-state index in [2.05, 4.69) is 10.6 Å². The molecule has 0 spiro atoms. The predicted octanol–water partition coefficient (Wildman–Crippen LogP) is 3.19. The molecule has 0 unspecified atom stereocenters. The van der Waals surface area contributed by atoms with E-state index in [9.17, 15) is 32.7 Å². The molecule has 0 aromatic heterocycles. The van der Waals surface area contributed by atoms with E-state index >= 15 is 0 Å². The molecule has 0 aliphatic carbocycles. The van der Waals surface area contributed by atoms with Gasteiger partial charge in [0.2, 0.25) is 5.91 Å². The molecule has 178 valence electrons. The van der Waals surface area contributed by atoms with Crippen LogP contribution in [0.1, 0.15) is 45.6 Å². The molecular weight excluding hydrogens is 431 g/mol. The number of hydrogen-bond acceptors (Lipinski definition) is 4. The summed E-state index contributed by atoms with van der Waals surface area (Å²) in [5, 5.41) is 14.3. The van der Waals surface area contributed by atoms with Gasteiger partial charge in [0.15, 0.2) is 11.6 Å². The van der Waals surface area contributed by atoms with Crippen molar-refractivity contribution in [3.63, 3.8) is 0 Å². The summed E-state index contributed by atoms with van der Waals surface area (Å²) in [7, 11) is 0. The zero-order valence-electron chi connectivity index (χ0n) is 18.2. The third-order valence-corrected chi connectivity index (χ3v) is 4.87. The van der Waals surface area contributed by atoms with Crippen LogP contribution in [0.4, 0.5) is 22.8 Å². The number of carbonyl (C=O) groups excluding carboxylic acids is 2. The van der Waals surface area contributed by atoms with Crippen LogP contribution in [-0.2, 0) is 16.0 Å². The fourth-order valence-electron chi connectivity index (χ4n) is 3.46. The van der Waals surface area contributed by atoms with E-state index in [1.807, 2.05) is 0 Å². The molecule has 2 rings (SSSR count). The number of amides is 3. The first-order chi connectivity index (χ1) is 14.9. The Balaban J connectivity index is 2.06. The van der Waals surface area contributed by atoms with Crippen LogP contribution in [0.3, 0.4) is 0 Å². The van der Waals surface area contributed by atoms with E-state index in [1.54, 1.807) is 20.8 Å². The third-order valence-electron chi connectivity index (χ3n) is 4.87. The van der Waals surface area contributed by atoms with E-state index in [0.29, 0.717) is 31.5 Å². The Hall–Kier alpha value is -2.98. The number of halogens is 3. The minimum Gasteiger partial charge on any atom is -0.465 e. The highest BCUT2D eigenvalue weighted by Gasteiger charge is 2.29. The van der Waals surface area contributed by atoms with Crippen LogP contribution in [0.5, 0.6) is 0 Å². The van der Waals surface area contributed by atoms with Crippen LogP contribution in [-0.4, -0.2) is 58.9 Å². The molecule has 1 aliphatic rings. The summed E-state index contributed by atoms with van der Waals surface area (Å²) in [6.07, 6.45) is -1.24. The van der Waals surface area contributed by atoms with Crippen molar-refractivity contribution in [3.8, 4) is 0 Å². The van der Waals surface area contributed by atoms with Gasteiger partial charge in [-0.1, -0.05) is 0 Å². The summed E-state index contributed by atoms with van der Waals surface area (Å²) in [4.78, 5) is 37.1. The zero-order chi connectivity index (χ0) is 24.1. The maximum absolute atomic E-state index is 14.1. The number of benzene rings is 1. The second-order valence-electron chi connectivity index (χ2n) is 8.69. The van der Waals surface area contributed by atoms with Crippen LogP contribution in [0.15, 0.2) is 12.1 Å². The zero-order valence-corrected chi connectivity index (χ0v) is 18.2. The number of ether oxygens (including phenoxy) is 1. The molecule has 1 saturated heterocycles. The Morgan fingerprint density at radius 2 is 1.84 bits per heavy atom. The van der Waals surface area contributed by atoms with Crippen LogP contribution < -0.4 is 10.6 Å². The normalized spacial score (nSPS) is 17.1. The average Bonchev–Trinajstić information content (AvgIpc) is 3.11. The lowest BCUT2D eigenvalue weighted by Crippen LogP contribution is -2.46. The predicted molar refractivity (Wildman–Crippen MR) is 109 cm³/mol. The van der Waals surface area contributed by atoms with Crippen molar-refractivity contribution < 1.29 is 37.4 Å². The minimum absolute atomic E-state index is 0.0871. The number of likely N-dealkylation sites (tertiary alicyclic amines) is 1. The fourth-order valence-corrected chi connectivity index (χ4v) is 3.46. The lowest BCUT2D eigenvalue weighted by Gasteiger charge is -2.25. The number of alkyl carbamates (subject to hydrolysis) is 1. The van der Waals surface area contributed by atoms with Gasteiger partial charge in [-0.05, 0) is 51.7 Å². The quantitative estimate of drug-likeness (QED) is 0.543. The number of rotatable bonds is 7. The molecule has 1 fully saturated rings. The molecule has 8 nitrogen and oxygen atoms in total. The first kappa shape index (κ1) is 25.3. The SMILES string of the molecule is CC(C)(C)OC(=O)N[C@@H](CC(=O)NC[C@@H]1CCCN1C(=O)O)Cc1cc(F)c(F)cc1F. The summed E-state index contributed by atoms with van der Waals surface area (Å²) < 4.78 is 46.0. The van der Waals surface area contributed by atoms with Gasteiger partial charge in [-0.25, -0.2) is 22.8 Å². The average molecular weight is 459 g/mol. The van der Waals surface area contributed by atoms with Gasteiger partial charge in [0.1, 0.15) is 11.4 Å². The molecule has 2 atom stereocenters. The highest BCUT2D eigenvalue weighted by atomic mass is 19.2. The summed E-state index contributed by atoms with van der Waals surface area (Å²) in [6, 6.07) is -0.272. The molecule has 11 heteroatoms. The van der Waals surface area contributed by atoms with Gasteiger partial charge < -0.3 is 25.4 Å². The first-order valence-electron chi connectivity index (χ1n) is 10.2. The number of nitrogens with one attached hydrogen (secondary N) is 2. The van der Waals surface area contributed by atoms with E-state index < -0.39 is 47.2 Å². The van der Waals surface area contributed by atoms with E-state index in [0.717, 1.165) is 0 Å².